The molecule has 1 N–H and O–H groups in total. The number of alkyl halides is 3. The molecule has 1 fully saturated rings. The second-order valence-corrected chi connectivity index (χ2v) is 3.91. The molecule has 1 aliphatic rings. The third-order valence-electron chi connectivity index (χ3n) is 2.70. The van der Waals surface area contributed by atoms with Gasteiger partial charge in [-0.1, -0.05) is 0 Å². The van der Waals surface area contributed by atoms with Crippen LogP contribution in [0.5, 0.6) is 0 Å². The van der Waals surface area contributed by atoms with Crippen molar-refractivity contribution in [3.63, 3.8) is 0 Å². The third-order valence-corrected chi connectivity index (χ3v) is 2.70. The summed E-state index contributed by atoms with van der Waals surface area (Å²) in [6.07, 6.45) is -3.73. The summed E-state index contributed by atoms with van der Waals surface area (Å²) in [6.45, 7) is 0. The van der Waals surface area contributed by atoms with Crippen LogP contribution in [-0.2, 0) is 6.18 Å². The van der Waals surface area contributed by atoms with Gasteiger partial charge in [0.1, 0.15) is 5.82 Å². The number of hydrogen-bond acceptors (Lipinski definition) is 2. The highest BCUT2D eigenvalue weighted by Gasteiger charge is 2.35. The molecule has 0 bridgehead atoms. The van der Waals surface area contributed by atoms with Crippen LogP contribution in [0.4, 0.5) is 17.6 Å². The lowest BCUT2D eigenvalue weighted by Crippen LogP contribution is -2.28. The predicted octanol–water partition coefficient (Wildman–Crippen LogP) is 2.48. The Kier molecular flexibility index (Phi) is 2.61. The van der Waals surface area contributed by atoms with Crippen molar-refractivity contribution in [1.82, 2.24) is 4.98 Å². The molecular formula is C10H9F4NO. The van der Waals surface area contributed by atoms with Gasteiger partial charge in [0.25, 0.3) is 0 Å². The Morgan fingerprint density at radius 3 is 2.38 bits per heavy atom. The number of aromatic nitrogens is 1. The first-order valence-electron chi connectivity index (χ1n) is 4.78. The van der Waals surface area contributed by atoms with Crippen molar-refractivity contribution >= 4 is 0 Å². The molecule has 1 aromatic heterocycles. The van der Waals surface area contributed by atoms with E-state index in [0.29, 0.717) is 25.1 Å². The molecule has 1 aliphatic carbocycles. The highest BCUT2D eigenvalue weighted by atomic mass is 19.4. The quantitative estimate of drug-likeness (QED) is 0.758. The van der Waals surface area contributed by atoms with Crippen molar-refractivity contribution in [2.45, 2.75) is 31.0 Å². The average Bonchev–Trinajstić information content (AvgIpc) is 2.12. The third kappa shape index (κ3) is 2.02. The number of pyridine rings is 1. The summed E-state index contributed by atoms with van der Waals surface area (Å²) in [5, 5.41) is 9.02. The van der Waals surface area contributed by atoms with Crippen LogP contribution >= 0.6 is 0 Å². The lowest BCUT2D eigenvalue weighted by molar-refractivity contribution is -0.138. The van der Waals surface area contributed by atoms with Crippen LogP contribution in [0.2, 0.25) is 0 Å². The second-order valence-electron chi connectivity index (χ2n) is 3.91. The maximum atomic E-state index is 13.3. The summed E-state index contributed by atoms with van der Waals surface area (Å²) in [5.74, 6) is -1.22. The van der Waals surface area contributed by atoms with Gasteiger partial charge in [-0.2, -0.15) is 13.2 Å². The van der Waals surface area contributed by atoms with Gasteiger partial charge in [-0.25, -0.2) is 4.39 Å². The van der Waals surface area contributed by atoms with E-state index in [2.05, 4.69) is 4.98 Å². The molecule has 16 heavy (non-hydrogen) atoms. The van der Waals surface area contributed by atoms with Crippen molar-refractivity contribution in [1.29, 1.82) is 0 Å². The maximum absolute atomic E-state index is 13.3. The summed E-state index contributed by atoms with van der Waals surface area (Å²) in [4.78, 5) is 3.50. The number of hydrogen-bond donors (Lipinski definition) is 1. The lowest BCUT2D eigenvalue weighted by atomic mass is 9.80. The van der Waals surface area contributed by atoms with Crippen LogP contribution in [0.1, 0.15) is 30.0 Å². The first kappa shape index (κ1) is 11.3. The SMILES string of the molecule is OC1CC(c2ncc(C(F)(F)F)cc2F)C1. The molecule has 0 radical (unpaired) electrons. The van der Waals surface area contributed by atoms with E-state index in [0.717, 1.165) is 0 Å². The molecule has 0 saturated heterocycles. The van der Waals surface area contributed by atoms with Gasteiger partial charge in [0.2, 0.25) is 0 Å². The Hall–Kier alpha value is -1.17. The summed E-state index contributed by atoms with van der Waals surface area (Å²) >= 11 is 0. The standard InChI is InChI=1S/C10H9F4NO/c11-8-3-6(10(12,13)14)4-15-9(8)5-1-7(16)2-5/h3-5,7,16H,1-2H2. The van der Waals surface area contributed by atoms with E-state index in [1.165, 1.54) is 0 Å². The van der Waals surface area contributed by atoms with E-state index in [4.69, 9.17) is 5.11 Å². The van der Waals surface area contributed by atoms with Crippen LogP contribution < -0.4 is 0 Å². The van der Waals surface area contributed by atoms with Crippen LogP contribution in [0.15, 0.2) is 12.3 Å². The minimum Gasteiger partial charge on any atom is -0.393 e. The van der Waals surface area contributed by atoms with Crippen LogP contribution in [0.3, 0.4) is 0 Å². The van der Waals surface area contributed by atoms with E-state index in [1.54, 1.807) is 0 Å². The predicted molar refractivity (Wildman–Crippen MR) is 47.2 cm³/mol. The Morgan fingerprint density at radius 2 is 1.94 bits per heavy atom. The molecule has 1 aromatic rings. The van der Waals surface area contributed by atoms with Crippen molar-refractivity contribution < 1.29 is 22.7 Å². The lowest BCUT2D eigenvalue weighted by Gasteiger charge is -2.31. The Bertz CT molecular complexity index is 398. The number of nitrogens with zero attached hydrogens (tertiary/aromatic N) is 1. The molecule has 0 amide bonds. The molecule has 0 spiro atoms. The molecule has 2 nitrogen and oxygen atoms in total. The summed E-state index contributed by atoms with van der Waals surface area (Å²) in [6, 6.07) is 0.451. The molecule has 88 valence electrons. The first-order chi connectivity index (χ1) is 7.38. The number of aliphatic hydroxyl groups excluding tert-OH is 1. The van der Waals surface area contributed by atoms with Gasteiger partial charge in [-0.15, -0.1) is 0 Å². The fourth-order valence-electron chi connectivity index (χ4n) is 1.71. The summed E-state index contributed by atoms with van der Waals surface area (Å²) < 4.78 is 50.0. The molecule has 0 unspecified atom stereocenters. The zero-order chi connectivity index (χ0) is 11.9. The van der Waals surface area contributed by atoms with E-state index in [1.807, 2.05) is 0 Å². The van der Waals surface area contributed by atoms with Crippen molar-refractivity contribution in [3.05, 3.63) is 29.3 Å². The Balaban J connectivity index is 2.24. The molecule has 0 aromatic carbocycles. The van der Waals surface area contributed by atoms with E-state index < -0.39 is 23.7 Å². The molecule has 1 heterocycles. The van der Waals surface area contributed by atoms with Crippen molar-refractivity contribution in [3.8, 4) is 0 Å². The summed E-state index contributed by atoms with van der Waals surface area (Å²) in [7, 11) is 0. The van der Waals surface area contributed by atoms with Gasteiger partial charge in [0, 0.05) is 12.1 Å². The topological polar surface area (TPSA) is 33.1 Å². The molecule has 0 atom stereocenters. The van der Waals surface area contributed by atoms with E-state index in [-0.39, 0.29) is 11.6 Å². The first-order valence-corrected chi connectivity index (χ1v) is 4.78. The van der Waals surface area contributed by atoms with Crippen LogP contribution in [0, 0.1) is 5.82 Å². The molecular weight excluding hydrogens is 226 g/mol. The molecule has 6 heteroatoms. The average molecular weight is 235 g/mol. The minimum absolute atomic E-state index is 0.0123. The molecule has 0 aliphatic heterocycles. The van der Waals surface area contributed by atoms with Crippen molar-refractivity contribution in [2.24, 2.45) is 0 Å². The largest absolute Gasteiger partial charge is 0.417 e. The number of rotatable bonds is 1. The highest BCUT2D eigenvalue weighted by molar-refractivity contribution is 5.23. The number of aliphatic hydroxyl groups is 1. The van der Waals surface area contributed by atoms with Gasteiger partial charge in [-0.3, -0.25) is 4.98 Å². The van der Waals surface area contributed by atoms with E-state index >= 15 is 0 Å². The minimum atomic E-state index is -4.58. The zero-order valence-electron chi connectivity index (χ0n) is 8.13. The van der Waals surface area contributed by atoms with Crippen LogP contribution in [-0.4, -0.2) is 16.2 Å². The van der Waals surface area contributed by atoms with Gasteiger partial charge < -0.3 is 5.11 Å². The van der Waals surface area contributed by atoms with Gasteiger partial charge in [0.15, 0.2) is 0 Å². The number of halogens is 4. The monoisotopic (exact) mass is 235 g/mol. The van der Waals surface area contributed by atoms with E-state index in [9.17, 15) is 17.6 Å². The fourth-order valence-corrected chi connectivity index (χ4v) is 1.71. The smallest absolute Gasteiger partial charge is 0.393 e. The Labute approximate surface area is 88.9 Å². The van der Waals surface area contributed by atoms with Crippen molar-refractivity contribution in [2.75, 3.05) is 0 Å². The Morgan fingerprint density at radius 1 is 1.31 bits per heavy atom. The van der Waals surface area contributed by atoms with Gasteiger partial charge in [0.05, 0.1) is 17.4 Å². The van der Waals surface area contributed by atoms with Gasteiger partial charge in [-0.05, 0) is 18.9 Å². The second kappa shape index (κ2) is 3.69. The fraction of sp³-hybridized carbons (Fsp3) is 0.500. The normalized spacial score (nSPS) is 25.3. The van der Waals surface area contributed by atoms with Crippen LogP contribution in [0.25, 0.3) is 0 Å². The molecule has 2 rings (SSSR count). The maximum Gasteiger partial charge on any atom is 0.417 e. The molecule has 1 saturated carbocycles. The highest BCUT2D eigenvalue weighted by Crippen LogP contribution is 2.38. The summed E-state index contributed by atoms with van der Waals surface area (Å²) in [5.41, 5.74) is -1.08. The zero-order valence-corrected chi connectivity index (χ0v) is 8.13. The van der Waals surface area contributed by atoms with Gasteiger partial charge >= 0.3 is 6.18 Å².